The zero-order chi connectivity index (χ0) is 26.8. The van der Waals surface area contributed by atoms with E-state index in [0.29, 0.717) is 38.8 Å². The molecular formula is C29H23Cl2N3O4. The second-order valence-electron chi connectivity index (χ2n) is 9.06. The smallest absolute Gasteiger partial charge is 0.303 e. The maximum atomic E-state index is 13.6. The van der Waals surface area contributed by atoms with E-state index in [1.165, 1.54) is 5.01 Å². The van der Waals surface area contributed by atoms with Gasteiger partial charge >= 0.3 is 5.97 Å². The summed E-state index contributed by atoms with van der Waals surface area (Å²) >= 11 is 12.5. The average molecular weight is 548 g/mol. The number of carboxylic acid groups (broad SMARTS) is 1. The van der Waals surface area contributed by atoms with Gasteiger partial charge in [-0.2, -0.15) is 5.10 Å². The summed E-state index contributed by atoms with van der Waals surface area (Å²) in [5.74, 6) is -1.28. The van der Waals surface area contributed by atoms with Crippen LogP contribution in [0.4, 0.5) is 0 Å². The van der Waals surface area contributed by atoms with Gasteiger partial charge in [-0.3, -0.25) is 14.4 Å². The normalized spacial score (nSPS) is 15.1. The highest BCUT2D eigenvalue weighted by Gasteiger charge is 2.35. The van der Waals surface area contributed by atoms with Gasteiger partial charge in [0.05, 0.1) is 17.3 Å². The Morgan fingerprint density at radius 1 is 0.947 bits per heavy atom. The van der Waals surface area contributed by atoms with Crippen molar-refractivity contribution >= 4 is 51.7 Å². The monoisotopic (exact) mass is 547 g/mol. The molecule has 1 amide bonds. The number of fused-ring (bicyclic) bond motifs is 1. The quantitative estimate of drug-likeness (QED) is 0.278. The molecule has 7 nitrogen and oxygen atoms in total. The summed E-state index contributed by atoms with van der Waals surface area (Å²) in [4.78, 5) is 40.7. The van der Waals surface area contributed by atoms with Gasteiger partial charge in [0, 0.05) is 45.8 Å². The fraction of sp³-hybridized carbons (Fsp3) is 0.172. The van der Waals surface area contributed by atoms with Crippen molar-refractivity contribution in [2.24, 2.45) is 5.10 Å². The minimum atomic E-state index is -0.966. The molecule has 0 aliphatic carbocycles. The van der Waals surface area contributed by atoms with Crippen molar-refractivity contribution in [2.75, 3.05) is 0 Å². The number of amides is 1. The van der Waals surface area contributed by atoms with Gasteiger partial charge in [-0.25, -0.2) is 5.01 Å². The molecule has 1 aliphatic heterocycles. The zero-order valence-corrected chi connectivity index (χ0v) is 21.7. The summed E-state index contributed by atoms with van der Waals surface area (Å²) < 4.78 is 0. The van der Waals surface area contributed by atoms with Crippen molar-refractivity contribution in [1.82, 2.24) is 9.99 Å². The predicted octanol–water partition coefficient (Wildman–Crippen LogP) is 6.43. The Morgan fingerprint density at radius 3 is 2.37 bits per heavy atom. The molecule has 0 spiro atoms. The number of carboxylic acids is 1. The van der Waals surface area contributed by atoms with Crippen LogP contribution in [-0.2, 0) is 9.59 Å². The van der Waals surface area contributed by atoms with Crippen LogP contribution in [0.3, 0.4) is 0 Å². The Hall–Kier alpha value is -3.94. The van der Waals surface area contributed by atoms with Gasteiger partial charge in [0.1, 0.15) is 0 Å². The van der Waals surface area contributed by atoms with Gasteiger partial charge in [-0.15, -0.1) is 0 Å². The van der Waals surface area contributed by atoms with Crippen molar-refractivity contribution in [2.45, 2.75) is 31.7 Å². The maximum Gasteiger partial charge on any atom is 0.303 e. The van der Waals surface area contributed by atoms with E-state index < -0.39 is 12.0 Å². The summed E-state index contributed by atoms with van der Waals surface area (Å²) in [7, 11) is 0. The number of H-pyrrole nitrogens is 1. The molecule has 1 aliphatic rings. The standard InChI is InChI=1S/C29H23Cl2N3O4/c30-19-11-9-17(10-12-19)24-16-23(33-34(24)25(35)7-4-8-26(36)37)28-27(18-5-2-1-3-6-18)21-15-20(31)13-14-22(21)32-29(28)38/h1-3,5-6,9-15,24H,4,7-8,16H2,(H,32,38)(H,36,37)/t24-/m1/s1. The fourth-order valence-corrected chi connectivity index (χ4v) is 5.08. The highest BCUT2D eigenvalue weighted by atomic mass is 35.5. The number of pyridine rings is 1. The van der Waals surface area contributed by atoms with Crippen LogP contribution in [0, 0.1) is 0 Å². The number of aromatic amines is 1. The Kier molecular flexibility index (Phi) is 7.31. The molecule has 0 saturated carbocycles. The number of carbonyl (C=O) groups excluding carboxylic acids is 1. The van der Waals surface area contributed by atoms with Gasteiger partial charge in [-0.1, -0.05) is 65.7 Å². The molecule has 5 rings (SSSR count). The molecule has 4 aromatic rings. The largest absolute Gasteiger partial charge is 0.481 e. The number of rotatable bonds is 7. The van der Waals surface area contributed by atoms with Gasteiger partial charge < -0.3 is 10.1 Å². The Bertz CT molecular complexity index is 1620. The molecule has 2 N–H and O–H groups in total. The molecule has 0 saturated heterocycles. The van der Waals surface area contributed by atoms with E-state index in [9.17, 15) is 14.4 Å². The summed E-state index contributed by atoms with van der Waals surface area (Å²) in [5.41, 5.74) is 3.44. The minimum absolute atomic E-state index is 0.0163. The third-order valence-electron chi connectivity index (χ3n) is 6.53. The molecule has 0 fully saturated rings. The summed E-state index contributed by atoms with van der Waals surface area (Å²) in [6, 6.07) is 21.4. The zero-order valence-electron chi connectivity index (χ0n) is 20.2. The Balaban J connectivity index is 1.66. The van der Waals surface area contributed by atoms with Gasteiger partial charge in [0.15, 0.2) is 0 Å². The number of hydrogen-bond donors (Lipinski definition) is 2. The lowest BCUT2D eigenvalue weighted by Crippen LogP contribution is -2.27. The number of hydrazone groups is 1. The molecule has 2 heterocycles. The molecule has 0 bridgehead atoms. The van der Waals surface area contributed by atoms with Crippen molar-refractivity contribution in [1.29, 1.82) is 0 Å². The fourth-order valence-electron chi connectivity index (χ4n) is 4.79. The van der Waals surface area contributed by atoms with Crippen LogP contribution >= 0.6 is 23.2 Å². The molecule has 9 heteroatoms. The first-order valence-corrected chi connectivity index (χ1v) is 12.9. The van der Waals surface area contributed by atoms with Gasteiger partial charge in [0.2, 0.25) is 5.91 Å². The lowest BCUT2D eigenvalue weighted by Gasteiger charge is -2.22. The number of aliphatic carboxylic acids is 1. The molecule has 0 unspecified atom stereocenters. The highest BCUT2D eigenvalue weighted by molar-refractivity contribution is 6.31. The molecule has 0 radical (unpaired) electrons. The van der Waals surface area contributed by atoms with Crippen LogP contribution in [0.15, 0.2) is 82.7 Å². The van der Waals surface area contributed by atoms with E-state index in [0.717, 1.165) is 16.5 Å². The van der Waals surface area contributed by atoms with Crippen molar-refractivity contribution < 1.29 is 14.7 Å². The Labute approximate surface area is 228 Å². The summed E-state index contributed by atoms with van der Waals surface area (Å²) in [5, 5.41) is 16.9. The van der Waals surface area contributed by atoms with E-state index in [4.69, 9.17) is 28.3 Å². The minimum Gasteiger partial charge on any atom is -0.481 e. The SMILES string of the molecule is O=C(O)CCCC(=O)N1N=C(c2c(-c3ccccc3)c3cc(Cl)ccc3[nH]c2=O)C[C@@H]1c1ccc(Cl)cc1. The molecule has 38 heavy (non-hydrogen) atoms. The van der Waals surface area contributed by atoms with Crippen LogP contribution in [0.2, 0.25) is 10.0 Å². The highest BCUT2D eigenvalue weighted by Crippen LogP contribution is 2.38. The topological polar surface area (TPSA) is 103 Å². The summed E-state index contributed by atoms with van der Waals surface area (Å²) in [6.45, 7) is 0. The number of halogens is 2. The molecular weight excluding hydrogens is 525 g/mol. The maximum absolute atomic E-state index is 13.6. The first-order valence-electron chi connectivity index (χ1n) is 12.1. The van der Waals surface area contributed by atoms with Gasteiger partial charge in [-0.05, 0) is 47.9 Å². The number of carbonyl (C=O) groups is 2. The number of hydrogen-bond acceptors (Lipinski definition) is 4. The van der Waals surface area contributed by atoms with Crippen LogP contribution < -0.4 is 5.56 Å². The van der Waals surface area contributed by atoms with Gasteiger partial charge in [0.25, 0.3) is 5.56 Å². The van der Waals surface area contributed by atoms with Crippen molar-refractivity contribution in [3.05, 3.63) is 104 Å². The van der Waals surface area contributed by atoms with E-state index in [1.54, 1.807) is 30.3 Å². The second kappa shape index (κ2) is 10.8. The number of aromatic nitrogens is 1. The summed E-state index contributed by atoms with van der Waals surface area (Å²) in [6.07, 6.45) is 0.377. The van der Waals surface area contributed by atoms with Crippen LogP contribution in [0.1, 0.15) is 42.9 Å². The molecule has 192 valence electrons. The first-order chi connectivity index (χ1) is 18.3. The molecule has 1 aromatic heterocycles. The lowest BCUT2D eigenvalue weighted by molar-refractivity contribution is -0.137. The Morgan fingerprint density at radius 2 is 1.66 bits per heavy atom. The molecule has 3 aromatic carbocycles. The van der Waals surface area contributed by atoms with E-state index in [-0.39, 0.29) is 30.7 Å². The second-order valence-corrected chi connectivity index (χ2v) is 9.94. The first kappa shape index (κ1) is 25.7. The lowest BCUT2D eigenvalue weighted by atomic mass is 9.91. The number of benzene rings is 3. The van der Waals surface area contributed by atoms with Crippen molar-refractivity contribution in [3.8, 4) is 11.1 Å². The number of nitrogens with one attached hydrogen (secondary N) is 1. The van der Waals surface area contributed by atoms with E-state index in [1.807, 2.05) is 42.5 Å². The van der Waals surface area contributed by atoms with Crippen molar-refractivity contribution in [3.63, 3.8) is 0 Å². The predicted molar refractivity (Wildman–Crippen MR) is 149 cm³/mol. The van der Waals surface area contributed by atoms with E-state index in [2.05, 4.69) is 10.1 Å². The van der Waals surface area contributed by atoms with Crippen LogP contribution in [0.5, 0.6) is 0 Å². The third kappa shape index (κ3) is 5.21. The molecule has 1 atom stereocenters. The van der Waals surface area contributed by atoms with Crippen LogP contribution in [-0.4, -0.2) is 32.7 Å². The third-order valence-corrected chi connectivity index (χ3v) is 7.02. The van der Waals surface area contributed by atoms with E-state index >= 15 is 0 Å². The average Bonchev–Trinajstić information content (AvgIpc) is 3.34. The van der Waals surface area contributed by atoms with Crippen LogP contribution in [0.25, 0.3) is 22.0 Å². The number of nitrogens with zero attached hydrogens (tertiary/aromatic N) is 2.